The maximum Gasteiger partial charge on any atom is 0.310 e. The third-order valence-corrected chi connectivity index (χ3v) is 3.23. The summed E-state index contributed by atoms with van der Waals surface area (Å²) < 4.78 is 15.5. The van der Waals surface area contributed by atoms with Crippen LogP contribution in [0, 0.1) is 10.1 Å². The van der Waals surface area contributed by atoms with E-state index >= 15 is 0 Å². The van der Waals surface area contributed by atoms with Crippen molar-refractivity contribution in [2.75, 3.05) is 20.8 Å². The molecule has 2 aromatic carbocycles. The molecular weight excluding hydrogens is 342 g/mol. The highest BCUT2D eigenvalue weighted by Gasteiger charge is 2.14. The van der Waals surface area contributed by atoms with Gasteiger partial charge in [0, 0.05) is 6.07 Å². The summed E-state index contributed by atoms with van der Waals surface area (Å²) in [5, 5.41) is 14.7. The molecule has 0 saturated heterocycles. The number of nitro groups is 1. The number of carbonyl (C=O) groups is 1. The smallest absolute Gasteiger partial charge is 0.310 e. The van der Waals surface area contributed by atoms with Crippen molar-refractivity contribution in [2.45, 2.75) is 0 Å². The van der Waals surface area contributed by atoms with Gasteiger partial charge in [0.25, 0.3) is 5.91 Å². The third-order valence-electron chi connectivity index (χ3n) is 3.23. The van der Waals surface area contributed by atoms with Gasteiger partial charge in [-0.25, -0.2) is 5.43 Å². The molecule has 0 atom stereocenters. The molecule has 0 saturated carbocycles. The van der Waals surface area contributed by atoms with Crippen molar-refractivity contribution in [3.8, 4) is 17.2 Å². The van der Waals surface area contributed by atoms with Gasteiger partial charge in [-0.3, -0.25) is 14.9 Å². The van der Waals surface area contributed by atoms with Crippen LogP contribution in [-0.4, -0.2) is 37.9 Å². The molecule has 0 aromatic heterocycles. The Labute approximate surface area is 149 Å². The van der Waals surface area contributed by atoms with Gasteiger partial charge in [0.05, 0.1) is 25.4 Å². The minimum absolute atomic E-state index is 0.0107. The second kappa shape index (κ2) is 9.02. The summed E-state index contributed by atoms with van der Waals surface area (Å²) >= 11 is 0. The van der Waals surface area contributed by atoms with Crippen molar-refractivity contribution in [3.63, 3.8) is 0 Å². The number of benzene rings is 2. The van der Waals surface area contributed by atoms with Gasteiger partial charge >= 0.3 is 5.69 Å². The summed E-state index contributed by atoms with van der Waals surface area (Å²) in [5.74, 6) is 0.561. The molecule has 0 radical (unpaired) electrons. The summed E-state index contributed by atoms with van der Waals surface area (Å²) in [4.78, 5) is 22.0. The summed E-state index contributed by atoms with van der Waals surface area (Å²) in [7, 11) is 3.05. The van der Waals surface area contributed by atoms with Crippen LogP contribution in [0.25, 0.3) is 0 Å². The lowest BCUT2D eigenvalue weighted by molar-refractivity contribution is -0.385. The number of methoxy groups -OCH3 is 2. The lowest BCUT2D eigenvalue weighted by atomic mass is 10.2. The highest BCUT2D eigenvalue weighted by Crippen LogP contribution is 2.27. The van der Waals surface area contributed by atoms with Crippen LogP contribution in [0.3, 0.4) is 0 Å². The zero-order valence-corrected chi connectivity index (χ0v) is 14.2. The quantitative estimate of drug-likeness (QED) is 0.439. The second-order valence-electron chi connectivity index (χ2n) is 4.92. The summed E-state index contributed by atoms with van der Waals surface area (Å²) in [6, 6.07) is 10.9. The largest absolute Gasteiger partial charge is 0.493 e. The summed E-state index contributed by atoms with van der Waals surface area (Å²) in [6.45, 7) is -0.409. The highest BCUT2D eigenvalue weighted by atomic mass is 16.6. The van der Waals surface area contributed by atoms with Gasteiger partial charge in [-0.05, 0) is 29.8 Å². The molecule has 2 aromatic rings. The Kier molecular flexibility index (Phi) is 6.49. The van der Waals surface area contributed by atoms with Gasteiger partial charge in [0.15, 0.2) is 23.9 Å². The number of hydrogen-bond donors (Lipinski definition) is 1. The molecule has 1 N–H and O–H groups in total. The van der Waals surface area contributed by atoms with Crippen molar-refractivity contribution in [3.05, 3.63) is 58.1 Å². The van der Waals surface area contributed by atoms with Gasteiger partial charge < -0.3 is 14.2 Å². The number of amides is 1. The van der Waals surface area contributed by atoms with Crippen molar-refractivity contribution in [2.24, 2.45) is 5.10 Å². The Balaban J connectivity index is 1.91. The lowest BCUT2D eigenvalue weighted by Gasteiger charge is -2.07. The number of hydrogen-bond acceptors (Lipinski definition) is 7. The van der Waals surface area contributed by atoms with Gasteiger partial charge in [-0.1, -0.05) is 12.1 Å². The van der Waals surface area contributed by atoms with Crippen molar-refractivity contribution >= 4 is 17.8 Å². The molecule has 9 nitrogen and oxygen atoms in total. The summed E-state index contributed by atoms with van der Waals surface area (Å²) in [5.41, 5.74) is 2.75. The molecule has 0 spiro atoms. The zero-order chi connectivity index (χ0) is 18.9. The maximum absolute atomic E-state index is 11.7. The van der Waals surface area contributed by atoms with Gasteiger partial charge in [-0.2, -0.15) is 5.10 Å². The van der Waals surface area contributed by atoms with Crippen LogP contribution in [0.15, 0.2) is 47.6 Å². The van der Waals surface area contributed by atoms with E-state index < -0.39 is 17.4 Å². The molecule has 0 unspecified atom stereocenters. The average molecular weight is 359 g/mol. The Bertz CT molecular complexity index is 822. The number of ether oxygens (including phenoxy) is 3. The first-order valence-corrected chi connectivity index (χ1v) is 7.45. The predicted octanol–water partition coefficient (Wildman–Crippen LogP) is 2.14. The molecule has 0 aliphatic carbocycles. The molecule has 0 aliphatic rings. The van der Waals surface area contributed by atoms with Crippen molar-refractivity contribution in [1.29, 1.82) is 0 Å². The number of nitro benzene ring substituents is 1. The Morgan fingerprint density at radius 3 is 2.58 bits per heavy atom. The number of rotatable bonds is 8. The number of carbonyl (C=O) groups excluding carboxylic acids is 1. The van der Waals surface area contributed by atoms with Crippen LogP contribution >= 0.6 is 0 Å². The lowest BCUT2D eigenvalue weighted by Crippen LogP contribution is -2.24. The first kappa shape index (κ1) is 18.7. The summed E-state index contributed by atoms with van der Waals surface area (Å²) in [6.07, 6.45) is 1.42. The molecule has 26 heavy (non-hydrogen) atoms. The number of nitrogens with one attached hydrogen (secondary N) is 1. The van der Waals surface area contributed by atoms with E-state index in [1.807, 2.05) is 0 Å². The second-order valence-corrected chi connectivity index (χ2v) is 4.92. The van der Waals surface area contributed by atoms with Crippen LogP contribution in [0.5, 0.6) is 17.2 Å². The topological polar surface area (TPSA) is 112 Å². The van der Waals surface area contributed by atoms with E-state index in [9.17, 15) is 14.9 Å². The Hall–Kier alpha value is -3.62. The van der Waals surface area contributed by atoms with Gasteiger partial charge in [0.1, 0.15) is 0 Å². The average Bonchev–Trinajstić information content (AvgIpc) is 2.66. The maximum atomic E-state index is 11.7. The van der Waals surface area contributed by atoms with E-state index in [1.54, 1.807) is 24.3 Å². The van der Waals surface area contributed by atoms with E-state index in [-0.39, 0.29) is 11.4 Å². The van der Waals surface area contributed by atoms with Crippen LogP contribution in [-0.2, 0) is 4.79 Å². The standard InChI is InChI=1S/C17H17N3O6/c1-24-15-8-7-12(9-16(15)25-2)10-18-19-17(21)11-26-14-6-4-3-5-13(14)20(22)23/h3-10H,11H2,1-2H3,(H,19,21)/b18-10-. The Morgan fingerprint density at radius 2 is 1.88 bits per heavy atom. The third kappa shape index (κ3) is 4.94. The van der Waals surface area contributed by atoms with Crippen LogP contribution in [0.4, 0.5) is 5.69 Å². The van der Waals surface area contributed by atoms with Gasteiger partial charge in [0.2, 0.25) is 0 Å². The molecular formula is C17H17N3O6. The minimum Gasteiger partial charge on any atom is -0.493 e. The monoisotopic (exact) mass is 359 g/mol. The molecule has 0 heterocycles. The molecule has 2 rings (SSSR count). The number of para-hydroxylation sites is 2. The van der Waals surface area contributed by atoms with Gasteiger partial charge in [-0.15, -0.1) is 0 Å². The normalized spacial score (nSPS) is 10.4. The highest BCUT2D eigenvalue weighted by molar-refractivity contribution is 5.83. The minimum atomic E-state index is -0.581. The number of hydrazone groups is 1. The van der Waals surface area contributed by atoms with Crippen molar-refractivity contribution < 1.29 is 23.9 Å². The van der Waals surface area contributed by atoms with E-state index in [0.717, 1.165) is 0 Å². The van der Waals surface area contributed by atoms with Crippen LogP contribution < -0.4 is 19.6 Å². The molecule has 9 heteroatoms. The first-order chi connectivity index (χ1) is 12.5. The zero-order valence-electron chi connectivity index (χ0n) is 14.2. The van der Waals surface area contributed by atoms with Crippen molar-refractivity contribution in [1.82, 2.24) is 5.43 Å². The first-order valence-electron chi connectivity index (χ1n) is 7.45. The van der Waals surface area contributed by atoms with E-state index in [1.165, 1.54) is 38.6 Å². The van der Waals surface area contributed by atoms with E-state index in [2.05, 4.69) is 10.5 Å². The fourth-order valence-electron chi connectivity index (χ4n) is 2.02. The van der Waals surface area contributed by atoms with Crippen LogP contribution in [0.2, 0.25) is 0 Å². The fraction of sp³-hybridized carbons (Fsp3) is 0.176. The molecule has 136 valence electrons. The fourth-order valence-corrected chi connectivity index (χ4v) is 2.02. The molecule has 0 fully saturated rings. The van der Waals surface area contributed by atoms with E-state index in [4.69, 9.17) is 14.2 Å². The molecule has 0 aliphatic heterocycles. The van der Waals surface area contributed by atoms with Crippen LogP contribution in [0.1, 0.15) is 5.56 Å². The van der Waals surface area contributed by atoms with E-state index in [0.29, 0.717) is 17.1 Å². The Morgan fingerprint density at radius 1 is 1.15 bits per heavy atom. The SMILES string of the molecule is COc1ccc(/C=N\NC(=O)COc2ccccc2[N+](=O)[O-])cc1OC. The molecule has 0 bridgehead atoms. The number of nitrogens with zero attached hydrogens (tertiary/aromatic N) is 2. The predicted molar refractivity (Wildman–Crippen MR) is 93.9 cm³/mol. The molecule has 1 amide bonds.